The molecule has 0 aliphatic heterocycles. The number of hydrogen-bond donors (Lipinski definition) is 1. The van der Waals surface area contributed by atoms with Crippen LogP contribution in [-0.2, 0) is 0 Å². The Morgan fingerprint density at radius 2 is 0.606 bits per heavy atom. The Labute approximate surface area is 212 Å². The highest BCUT2D eigenvalue weighted by molar-refractivity contribution is 4.55. The van der Waals surface area contributed by atoms with E-state index in [1.54, 1.807) is 0 Å². The van der Waals surface area contributed by atoms with E-state index in [0.29, 0.717) is 6.61 Å². The summed E-state index contributed by atoms with van der Waals surface area (Å²) in [6.45, 7) is 9.67. The fraction of sp³-hybridized carbons (Fsp3) is 1.00. The van der Waals surface area contributed by atoms with Crippen molar-refractivity contribution < 1.29 is 5.11 Å². The van der Waals surface area contributed by atoms with Gasteiger partial charge in [0.1, 0.15) is 0 Å². The Morgan fingerprint density at radius 3 is 0.909 bits per heavy atom. The van der Waals surface area contributed by atoms with Crippen molar-refractivity contribution in [2.45, 2.75) is 195 Å². The molecular weight excluding hydrogens is 400 g/mol. The molecule has 0 fully saturated rings. The summed E-state index contributed by atoms with van der Waals surface area (Å²) in [5.41, 5.74) is 0. The van der Waals surface area contributed by atoms with Crippen LogP contribution in [-0.4, -0.2) is 11.7 Å². The zero-order valence-corrected chi connectivity index (χ0v) is 24.1. The summed E-state index contributed by atoms with van der Waals surface area (Å²) < 4.78 is 0. The molecular formula is C32H68O. The minimum Gasteiger partial charge on any atom is -0.396 e. The van der Waals surface area contributed by atoms with Crippen LogP contribution in [0, 0.1) is 5.92 Å². The van der Waals surface area contributed by atoms with E-state index >= 15 is 0 Å². The summed E-state index contributed by atoms with van der Waals surface area (Å²) in [4.78, 5) is 0. The van der Waals surface area contributed by atoms with Gasteiger partial charge in [-0.05, 0) is 12.3 Å². The first kappa shape index (κ1) is 35.1. The van der Waals surface area contributed by atoms with Crippen LogP contribution in [0.3, 0.4) is 0 Å². The van der Waals surface area contributed by atoms with Gasteiger partial charge in [-0.2, -0.15) is 0 Å². The Kier molecular flexibility index (Phi) is 36.3. The summed E-state index contributed by atoms with van der Waals surface area (Å²) in [5, 5.41) is 8.51. The lowest BCUT2D eigenvalue weighted by molar-refractivity contribution is 0.282. The molecule has 1 N–H and O–H groups in total. The van der Waals surface area contributed by atoms with Crippen molar-refractivity contribution >= 4 is 0 Å². The lowest BCUT2D eigenvalue weighted by Crippen LogP contribution is -1.95. The van der Waals surface area contributed by atoms with Crippen molar-refractivity contribution in [3.63, 3.8) is 0 Å². The Bertz CT molecular complexity index is 293. The van der Waals surface area contributed by atoms with Crippen LogP contribution in [0.2, 0.25) is 0 Å². The van der Waals surface area contributed by atoms with Crippen LogP contribution in [0.15, 0.2) is 0 Å². The molecule has 33 heavy (non-hydrogen) atoms. The molecule has 0 heterocycles. The molecule has 0 aromatic carbocycles. The largest absolute Gasteiger partial charge is 0.396 e. The Morgan fingerprint density at radius 1 is 0.364 bits per heavy atom. The molecule has 0 radical (unpaired) electrons. The number of unbranched alkanes of at least 4 members (excludes halogenated alkanes) is 21. The van der Waals surface area contributed by atoms with Crippen LogP contribution >= 0.6 is 0 Å². The van der Waals surface area contributed by atoms with Gasteiger partial charge in [0.05, 0.1) is 0 Å². The number of aliphatic hydroxyl groups is 1. The maximum absolute atomic E-state index is 8.51. The van der Waals surface area contributed by atoms with Gasteiger partial charge in [-0.3, -0.25) is 0 Å². The van der Waals surface area contributed by atoms with Gasteiger partial charge in [0.2, 0.25) is 0 Å². The molecule has 0 spiro atoms. The summed E-state index contributed by atoms with van der Waals surface area (Å²) in [6.07, 6.45) is 36.7. The fourth-order valence-corrected chi connectivity index (χ4v) is 4.64. The van der Waals surface area contributed by atoms with E-state index in [0.717, 1.165) is 12.3 Å². The van der Waals surface area contributed by atoms with Gasteiger partial charge in [0.15, 0.2) is 0 Å². The molecule has 1 nitrogen and oxygen atoms in total. The average molecular weight is 469 g/mol. The van der Waals surface area contributed by atoms with Gasteiger partial charge in [0, 0.05) is 6.61 Å². The summed E-state index contributed by atoms with van der Waals surface area (Å²) in [6, 6.07) is 0. The van der Waals surface area contributed by atoms with Crippen molar-refractivity contribution in [2.75, 3.05) is 6.61 Å². The number of rotatable bonds is 26. The molecule has 0 rings (SSSR count). The average Bonchev–Trinajstić information content (AvgIpc) is 2.82. The molecule has 202 valence electrons. The van der Waals surface area contributed by atoms with E-state index < -0.39 is 0 Å². The van der Waals surface area contributed by atoms with E-state index in [4.69, 9.17) is 5.11 Å². The second kappa shape index (κ2) is 34.1. The molecule has 1 atom stereocenters. The van der Waals surface area contributed by atoms with Crippen molar-refractivity contribution in [3.05, 3.63) is 0 Å². The van der Waals surface area contributed by atoms with Gasteiger partial charge in [-0.1, -0.05) is 188 Å². The predicted molar refractivity (Wildman–Crippen MR) is 153 cm³/mol. The third kappa shape index (κ3) is 36.7. The molecule has 0 amide bonds. The SMILES string of the molecule is CCCCCCCCCCCCCCC(C)CCCCCC.CCCCCCCCCCO. The fourth-order valence-electron chi connectivity index (χ4n) is 4.64. The minimum absolute atomic E-state index is 0.370. The lowest BCUT2D eigenvalue weighted by atomic mass is 9.96. The van der Waals surface area contributed by atoms with Gasteiger partial charge >= 0.3 is 0 Å². The highest BCUT2D eigenvalue weighted by Crippen LogP contribution is 2.18. The van der Waals surface area contributed by atoms with Crippen molar-refractivity contribution in [1.29, 1.82) is 0 Å². The minimum atomic E-state index is 0.370. The van der Waals surface area contributed by atoms with E-state index in [9.17, 15) is 0 Å². The van der Waals surface area contributed by atoms with Gasteiger partial charge in [0.25, 0.3) is 0 Å². The summed E-state index contributed by atoms with van der Waals surface area (Å²) in [5.74, 6) is 0.972. The standard InChI is InChI=1S/C22H46.C10H22O/c1-4-6-8-10-11-12-13-14-15-16-17-19-21-22(3)20-18-9-7-5-2;1-2-3-4-5-6-7-8-9-10-11/h22H,4-21H2,1-3H3;11H,2-10H2,1H3. The first-order valence-corrected chi connectivity index (χ1v) is 15.8. The molecule has 1 unspecified atom stereocenters. The molecule has 0 aliphatic rings. The third-order valence-corrected chi connectivity index (χ3v) is 7.11. The molecule has 0 aromatic rings. The van der Waals surface area contributed by atoms with E-state index in [1.807, 2.05) is 0 Å². The summed E-state index contributed by atoms with van der Waals surface area (Å²) >= 11 is 0. The smallest absolute Gasteiger partial charge is 0.0431 e. The second-order valence-electron chi connectivity index (χ2n) is 10.8. The molecule has 0 saturated heterocycles. The van der Waals surface area contributed by atoms with E-state index in [-0.39, 0.29) is 0 Å². The lowest BCUT2D eigenvalue weighted by Gasteiger charge is -2.10. The van der Waals surface area contributed by atoms with E-state index in [1.165, 1.54) is 161 Å². The second-order valence-corrected chi connectivity index (χ2v) is 10.8. The Hall–Kier alpha value is -0.0400. The third-order valence-electron chi connectivity index (χ3n) is 7.11. The van der Waals surface area contributed by atoms with Gasteiger partial charge in [-0.15, -0.1) is 0 Å². The first-order chi connectivity index (χ1) is 16.2. The number of hydrogen-bond acceptors (Lipinski definition) is 1. The maximum Gasteiger partial charge on any atom is 0.0431 e. The molecule has 0 aliphatic carbocycles. The first-order valence-electron chi connectivity index (χ1n) is 15.8. The highest BCUT2D eigenvalue weighted by atomic mass is 16.2. The van der Waals surface area contributed by atoms with Gasteiger partial charge < -0.3 is 5.11 Å². The maximum atomic E-state index is 8.51. The molecule has 0 aromatic heterocycles. The monoisotopic (exact) mass is 469 g/mol. The topological polar surface area (TPSA) is 20.2 Å². The molecule has 1 heteroatoms. The number of aliphatic hydroxyl groups excluding tert-OH is 1. The van der Waals surface area contributed by atoms with Gasteiger partial charge in [-0.25, -0.2) is 0 Å². The van der Waals surface area contributed by atoms with Crippen molar-refractivity contribution in [3.8, 4) is 0 Å². The predicted octanol–water partition coefficient (Wildman–Crippen LogP) is 11.8. The molecule has 0 saturated carbocycles. The Balaban J connectivity index is 0. The zero-order valence-electron chi connectivity index (χ0n) is 24.1. The van der Waals surface area contributed by atoms with Crippen LogP contribution in [0.1, 0.15) is 195 Å². The van der Waals surface area contributed by atoms with Crippen LogP contribution in [0.25, 0.3) is 0 Å². The van der Waals surface area contributed by atoms with Crippen LogP contribution in [0.4, 0.5) is 0 Å². The highest BCUT2D eigenvalue weighted by Gasteiger charge is 2.01. The van der Waals surface area contributed by atoms with E-state index in [2.05, 4.69) is 27.7 Å². The normalized spacial score (nSPS) is 11.9. The van der Waals surface area contributed by atoms with Crippen LogP contribution < -0.4 is 0 Å². The van der Waals surface area contributed by atoms with Crippen molar-refractivity contribution in [1.82, 2.24) is 0 Å². The van der Waals surface area contributed by atoms with Crippen LogP contribution in [0.5, 0.6) is 0 Å². The summed E-state index contributed by atoms with van der Waals surface area (Å²) in [7, 11) is 0. The van der Waals surface area contributed by atoms with Crippen molar-refractivity contribution in [2.24, 2.45) is 5.92 Å². The molecule has 0 bridgehead atoms. The zero-order chi connectivity index (χ0) is 24.7. The quantitative estimate of drug-likeness (QED) is 0.125.